The van der Waals surface area contributed by atoms with Gasteiger partial charge in [-0.3, -0.25) is 9.59 Å². The van der Waals surface area contributed by atoms with Gasteiger partial charge in [0, 0.05) is 0 Å². The van der Waals surface area contributed by atoms with Gasteiger partial charge in [-0.2, -0.15) is 0 Å². The minimum atomic E-state index is -0.545. The molecule has 10 heteroatoms. The molecule has 0 atom stereocenters. The number of hydrogen-bond donors (Lipinski definition) is 1. The van der Waals surface area contributed by atoms with E-state index in [1.54, 1.807) is 18.2 Å². The summed E-state index contributed by atoms with van der Waals surface area (Å²) in [5.74, 6) is -0.840. The Labute approximate surface area is 157 Å². The number of hydrogen-bond acceptors (Lipinski definition) is 8. The minimum Gasteiger partial charge on any atom is -0.459 e. The van der Waals surface area contributed by atoms with Gasteiger partial charge in [-0.15, -0.1) is 22.0 Å². The predicted molar refractivity (Wildman–Crippen MR) is 94.2 cm³/mol. The Bertz CT molecular complexity index is 913. The van der Waals surface area contributed by atoms with Crippen molar-refractivity contribution in [2.24, 2.45) is 0 Å². The predicted octanol–water partition coefficient (Wildman–Crippen LogP) is 2.88. The molecule has 0 spiro atoms. The molecule has 8 nitrogen and oxygen atoms in total. The van der Waals surface area contributed by atoms with Gasteiger partial charge in [-0.05, 0) is 24.3 Å². The summed E-state index contributed by atoms with van der Waals surface area (Å²) >= 11 is 1.04. The van der Waals surface area contributed by atoms with Crippen molar-refractivity contribution in [1.29, 1.82) is 0 Å². The van der Waals surface area contributed by atoms with Gasteiger partial charge in [0.2, 0.25) is 5.91 Å². The summed E-state index contributed by atoms with van der Waals surface area (Å²) in [4.78, 5) is 23.5. The molecule has 2 heterocycles. The average Bonchev–Trinajstić information content (AvgIpc) is 3.33. The van der Waals surface area contributed by atoms with Crippen LogP contribution in [0.2, 0.25) is 0 Å². The lowest BCUT2D eigenvalue weighted by Gasteiger charge is -2.06. The monoisotopic (exact) mass is 391 g/mol. The minimum absolute atomic E-state index is 0.0212. The highest BCUT2D eigenvalue weighted by Crippen LogP contribution is 2.18. The van der Waals surface area contributed by atoms with Gasteiger partial charge >= 0.3 is 5.97 Å². The van der Waals surface area contributed by atoms with E-state index in [1.807, 2.05) is 0 Å². The molecular formula is C17H14FN3O5S. The molecule has 0 radical (unpaired) electrons. The van der Waals surface area contributed by atoms with E-state index in [-0.39, 0.29) is 35.6 Å². The Balaban J connectivity index is 1.36. The summed E-state index contributed by atoms with van der Waals surface area (Å²) in [5, 5.41) is 9.95. The van der Waals surface area contributed by atoms with Crippen LogP contribution in [0.5, 0.6) is 0 Å². The first kappa shape index (κ1) is 18.6. The molecule has 3 rings (SSSR count). The fourth-order valence-corrected chi connectivity index (χ4v) is 2.58. The topological polar surface area (TPSA) is 107 Å². The molecule has 0 saturated heterocycles. The zero-order valence-electron chi connectivity index (χ0n) is 13.9. The summed E-state index contributed by atoms with van der Waals surface area (Å²) in [6, 6.07) is 9.17. The van der Waals surface area contributed by atoms with Gasteiger partial charge in [0.15, 0.2) is 12.4 Å². The van der Waals surface area contributed by atoms with E-state index in [0.717, 1.165) is 11.8 Å². The van der Waals surface area contributed by atoms with E-state index in [1.165, 1.54) is 24.5 Å². The summed E-state index contributed by atoms with van der Waals surface area (Å²) in [5.41, 5.74) is 0.0921. The largest absolute Gasteiger partial charge is 0.459 e. The van der Waals surface area contributed by atoms with Crippen molar-refractivity contribution < 1.29 is 27.6 Å². The number of anilines is 1. The second-order valence-corrected chi connectivity index (χ2v) is 6.15. The molecule has 1 N–H and O–H groups in total. The van der Waals surface area contributed by atoms with Gasteiger partial charge in [-0.25, -0.2) is 4.39 Å². The first-order chi connectivity index (χ1) is 13.1. The number of nitrogens with zero attached hydrogens (tertiary/aromatic N) is 2. The maximum Gasteiger partial charge on any atom is 0.316 e. The Kier molecular flexibility index (Phi) is 6.21. The van der Waals surface area contributed by atoms with Crippen molar-refractivity contribution in [3.8, 4) is 11.7 Å². The number of benzene rings is 1. The Hall–Kier alpha value is -3.14. The smallest absolute Gasteiger partial charge is 0.316 e. The van der Waals surface area contributed by atoms with Crippen LogP contribution in [0.25, 0.3) is 11.7 Å². The third kappa shape index (κ3) is 5.42. The lowest BCUT2D eigenvalue weighted by atomic mass is 10.3. The maximum atomic E-state index is 13.4. The standard InChI is InChI=1S/C17H14FN3O5S/c18-11-4-1-2-5-12(11)19-14(22)9-27-10-16(23)25-8-15-20-21-17(26-15)13-6-3-7-24-13/h1-7H,8-10H2,(H,19,22). The number of aromatic nitrogens is 2. The quantitative estimate of drug-likeness (QED) is 0.584. The molecule has 1 aromatic carbocycles. The van der Waals surface area contributed by atoms with Gasteiger partial charge in [0.05, 0.1) is 23.5 Å². The Morgan fingerprint density at radius 3 is 2.78 bits per heavy atom. The van der Waals surface area contributed by atoms with E-state index in [2.05, 4.69) is 15.5 Å². The molecule has 1 amide bonds. The van der Waals surface area contributed by atoms with Crippen LogP contribution in [0.4, 0.5) is 10.1 Å². The molecule has 0 saturated carbocycles. The van der Waals surface area contributed by atoms with E-state index < -0.39 is 17.7 Å². The van der Waals surface area contributed by atoms with Crippen molar-refractivity contribution in [1.82, 2.24) is 10.2 Å². The molecule has 140 valence electrons. The number of ether oxygens (including phenoxy) is 1. The zero-order valence-corrected chi connectivity index (χ0v) is 14.7. The van der Waals surface area contributed by atoms with Crippen LogP contribution in [-0.2, 0) is 20.9 Å². The summed E-state index contributed by atoms with van der Waals surface area (Å²) < 4.78 is 28.8. The van der Waals surface area contributed by atoms with Gasteiger partial charge in [0.25, 0.3) is 11.8 Å². The number of amides is 1. The molecule has 2 aromatic heterocycles. The number of nitrogens with one attached hydrogen (secondary N) is 1. The van der Waals surface area contributed by atoms with Crippen LogP contribution >= 0.6 is 11.8 Å². The number of furan rings is 1. The fraction of sp³-hybridized carbons (Fsp3) is 0.176. The number of rotatable bonds is 8. The SMILES string of the molecule is O=C(CSCC(=O)OCc1nnc(-c2ccco2)o1)Nc1ccccc1F. The van der Waals surface area contributed by atoms with Crippen molar-refractivity contribution in [3.05, 3.63) is 54.4 Å². The third-order valence-electron chi connectivity index (χ3n) is 3.16. The summed E-state index contributed by atoms with van der Waals surface area (Å²) in [6.45, 7) is -0.186. The van der Waals surface area contributed by atoms with Gasteiger partial charge in [-0.1, -0.05) is 12.1 Å². The van der Waals surface area contributed by atoms with Crippen molar-refractivity contribution in [2.75, 3.05) is 16.8 Å². The van der Waals surface area contributed by atoms with E-state index in [4.69, 9.17) is 13.6 Å². The summed E-state index contributed by atoms with van der Waals surface area (Å²) in [7, 11) is 0. The summed E-state index contributed by atoms with van der Waals surface area (Å²) in [6.07, 6.45) is 1.47. The zero-order chi connectivity index (χ0) is 19.1. The number of carbonyl (C=O) groups is 2. The number of thioether (sulfide) groups is 1. The second-order valence-electron chi connectivity index (χ2n) is 5.16. The van der Waals surface area contributed by atoms with Crippen molar-refractivity contribution in [3.63, 3.8) is 0 Å². The Morgan fingerprint density at radius 2 is 2.00 bits per heavy atom. The molecule has 0 unspecified atom stereocenters. The normalized spacial score (nSPS) is 10.6. The number of para-hydroxylation sites is 1. The van der Waals surface area contributed by atoms with Crippen molar-refractivity contribution >= 4 is 29.3 Å². The number of halogens is 1. The lowest BCUT2D eigenvalue weighted by Crippen LogP contribution is -2.17. The van der Waals surface area contributed by atoms with Crippen LogP contribution < -0.4 is 5.32 Å². The average molecular weight is 391 g/mol. The van der Waals surface area contributed by atoms with E-state index in [9.17, 15) is 14.0 Å². The highest BCUT2D eigenvalue weighted by atomic mass is 32.2. The van der Waals surface area contributed by atoms with Crippen LogP contribution in [-0.4, -0.2) is 33.6 Å². The lowest BCUT2D eigenvalue weighted by molar-refractivity contribution is -0.142. The van der Waals surface area contributed by atoms with E-state index >= 15 is 0 Å². The van der Waals surface area contributed by atoms with Crippen LogP contribution in [0.3, 0.4) is 0 Å². The van der Waals surface area contributed by atoms with Gasteiger partial charge in [0.1, 0.15) is 5.82 Å². The first-order valence-electron chi connectivity index (χ1n) is 7.76. The van der Waals surface area contributed by atoms with E-state index in [0.29, 0.717) is 5.76 Å². The molecule has 27 heavy (non-hydrogen) atoms. The second kappa shape index (κ2) is 8.99. The molecule has 0 aliphatic heterocycles. The molecule has 0 bridgehead atoms. The van der Waals surface area contributed by atoms with Crippen LogP contribution in [0.1, 0.15) is 5.89 Å². The number of esters is 1. The highest BCUT2D eigenvalue weighted by Gasteiger charge is 2.13. The molecular weight excluding hydrogens is 377 g/mol. The maximum absolute atomic E-state index is 13.4. The Morgan fingerprint density at radius 1 is 1.15 bits per heavy atom. The van der Waals surface area contributed by atoms with Gasteiger partial charge < -0.3 is 18.9 Å². The fourth-order valence-electron chi connectivity index (χ4n) is 1.97. The van der Waals surface area contributed by atoms with Crippen molar-refractivity contribution in [2.45, 2.75) is 6.61 Å². The molecule has 0 aliphatic carbocycles. The molecule has 3 aromatic rings. The molecule has 0 aliphatic rings. The number of carbonyl (C=O) groups excluding carboxylic acids is 2. The third-order valence-corrected chi connectivity index (χ3v) is 4.06. The van der Waals surface area contributed by atoms with Crippen LogP contribution in [0.15, 0.2) is 51.5 Å². The highest BCUT2D eigenvalue weighted by molar-refractivity contribution is 8.00. The van der Waals surface area contributed by atoms with Crippen LogP contribution in [0, 0.1) is 5.82 Å². The first-order valence-corrected chi connectivity index (χ1v) is 8.91. The molecule has 0 fully saturated rings.